The standard InChI is InChI=1S/C16H19F3N4O/c1-10-20-15(11-8-13(9-11)22(2)3)23(21-10)12-4-6-14(7-5-12)24-16(17,18)19/h4-7,11,13H,8-9H2,1-3H3. The third-order valence-corrected chi connectivity index (χ3v) is 4.26. The van der Waals surface area contributed by atoms with Gasteiger partial charge in [-0.3, -0.25) is 0 Å². The van der Waals surface area contributed by atoms with Gasteiger partial charge in [-0.25, -0.2) is 9.67 Å². The molecule has 0 amide bonds. The molecule has 0 aliphatic heterocycles. The molecule has 0 saturated heterocycles. The van der Waals surface area contributed by atoms with E-state index in [4.69, 9.17) is 0 Å². The molecule has 1 aliphatic rings. The quantitative estimate of drug-likeness (QED) is 0.857. The monoisotopic (exact) mass is 340 g/mol. The van der Waals surface area contributed by atoms with E-state index < -0.39 is 6.36 Å². The minimum Gasteiger partial charge on any atom is -0.406 e. The number of benzene rings is 1. The summed E-state index contributed by atoms with van der Waals surface area (Å²) in [5.41, 5.74) is 0.674. The highest BCUT2D eigenvalue weighted by molar-refractivity contribution is 5.38. The molecule has 1 fully saturated rings. The van der Waals surface area contributed by atoms with Gasteiger partial charge in [0.15, 0.2) is 0 Å². The maximum Gasteiger partial charge on any atom is 0.573 e. The van der Waals surface area contributed by atoms with Crippen molar-refractivity contribution >= 4 is 0 Å². The lowest BCUT2D eigenvalue weighted by Gasteiger charge is -2.39. The third-order valence-electron chi connectivity index (χ3n) is 4.26. The van der Waals surface area contributed by atoms with Gasteiger partial charge in [0.2, 0.25) is 0 Å². The van der Waals surface area contributed by atoms with Gasteiger partial charge >= 0.3 is 6.36 Å². The molecule has 2 aromatic rings. The van der Waals surface area contributed by atoms with Crippen molar-refractivity contribution in [2.75, 3.05) is 14.1 Å². The smallest absolute Gasteiger partial charge is 0.406 e. The van der Waals surface area contributed by atoms with Crippen LogP contribution in [0.15, 0.2) is 24.3 Å². The molecule has 1 aromatic carbocycles. The maximum absolute atomic E-state index is 12.2. The molecule has 0 radical (unpaired) electrons. The summed E-state index contributed by atoms with van der Waals surface area (Å²) >= 11 is 0. The molecule has 130 valence electrons. The van der Waals surface area contributed by atoms with E-state index in [0.29, 0.717) is 23.5 Å². The van der Waals surface area contributed by atoms with Crippen LogP contribution in [0.4, 0.5) is 13.2 Å². The van der Waals surface area contributed by atoms with Crippen molar-refractivity contribution in [1.29, 1.82) is 0 Å². The van der Waals surface area contributed by atoms with E-state index in [2.05, 4.69) is 33.8 Å². The van der Waals surface area contributed by atoms with Gasteiger partial charge in [-0.05, 0) is 58.1 Å². The van der Waals surface area contributed by atoms with Gasteiger partial charge in [-0.1, -0.05) is 0 Å². The molecule has 1 saturated carbocycles. The Bertz CT molecular complexity index is 703. The lowest BCUT2D eigenvalue weighted by molar-refractivity contribution is -0.274. The fraction of sp³-hybridized carbons (Fsp3) is 0.500. The fourth-order valence-electron chi connectivity index (χ4n) is 2.89. The summed E-state index contributed by atoms with van der Waals surface area (Å²) in [6.45, 7) is 1.81. The first-order valence-electron chi connectivity index (χ1n) is 7.69. The van der Waals surface area contributed by atoms with Crippen LogP contribution in [0.5, 0.6) is 5.75 Å². The number of halogens is 3. The van der Waals surface area contributed by atoms with Crippen molar-refractivity contribution in [3.05, 3.63) is 35.9 Å². The Hall–Kier alpha value is -2.09. The van der Waals surface area contributed by atoms with Crippen LogP contribution >= 0.6 is 0 Å². The van der Waals surface area contributed by atoms with Crippen molar-refractivity contribution in [3.63, 3.8) is 0 Å². The predicted molar refractivity (Wildman–Crippen MR) is 82.2 cm³/mol. The van der Waals surface area contributed by atoms with E-state index in [0.717, 1.165) is 18.7 Å². The van der Waals surface area contributed by atoms with E-state index in [9.17, 15) is 13.2 Å². The van der Waals surface area contributed by atoms with E-state index in [-0.39, 0.29) is 5.75 Å². The summed E-state index contributed by atoms with van der Waals surface area (Å²) in [5.74, 6) is 1.56. The highest BCUT2D eigenvalue weighted by Gasteiger charge is 2.35. The van der Waals surface area contributed by atoms with Crippen molar-refractivity contribution in [3.8, 4) is 11.4 Å². The van der Waals surface area contributed by atoms with Crippen LogP contribution in [-0.4, -0.2) is 46.2 Å². The van der Waals surface area contributed by atoms with E-state index in [1.165, 1.54) is 12.1 Å². The molecule has 0 unspecified atom stereocenters. The molecule has 0 bridgehead atoms. The van der Waals surface area contributed by atoms with Crippen LogP contribution in [0.3, 0.4) is 0 Å². The van der Waals surface area contributed by atoms with E-state index in [1.54, 1.807) is 16.8 Å². The van der Waals surface area contributed by atoms with Crippen molar-refractivity contribution in [1.82, 2.24) is 19.7 Å². The van der Waals surface area contributed by atoms with E-state index in [1.807, 2.05) is 6.92 Å². The number of aromatic nitrogens is 3. The van der Waals surface area contributed by atoms with Crippen molar-refractivity contribution < 1.29 is 17.9 Å². The topological polar surface area (TPSA) is 43.2 Å². The number of rotatable bonds is 4. The van der Waals surface area contributed by atoms with Crippen molar-refractivity contribution in [2.45, 2.75) is 38.1 Å². The van der Waals surface area contributed by atoms with Crippen LogP contribution in [-0.2, 0) is 0 Å². The lowest BCUT2D eigenvalue weighted by Crippen LogP contribution is -2.40. The molecule has 8 heteroatoms. The Kier molecular flexibility index (Phi) is 4.25. The first kappa shape index (κ1) is 16.8. The first-order valence-corrected chi connectivity index (χ1v) is 7.69. The Balaban J connectivity index is 1.80. The summed E-state index contributed by atoms with van der Waals surface area (Å²) in [6.07, 6.45) is -2.69. The molecular formula is C16H19F3N4O. The first-order chi connectivity index (χ1) is 11.2. The molecule has 1 aromatic heterocycles. The van der Waals surface area contributed by atoms with Gasteiger partial charge in [0.05, 0.1) is 5.69 Å². The summed E-state index contributed by atoms with van der Waals surface area (Å²) in [6, 6.07) is 6.21. The predicted octanol–water partition coefficient (Wildman–Crippen LogP) is 3.28. The van der Waals surface area contributed by atoms with Gasteiger partial charge < -0.3 is 9.64 Å². The van der Waals surface area contributed by atoms with Crippen LogP contribution in [0.25, 0.3) is 5.69 Å². The average molecular weight is 340 g/mol. The zero-order valence-corrected chi connectivity index (χ0v) is 13.7. The van der Waals surface area contributed by atoms with Gasteiger partial charge in [-0.15, -0.1) is 13.2 Å². The van der Waals surface area contributed by atoms with Crippen molar-refractivity contribution in [2.24, 2.45) is 0 Å². The molecule has 24 heavy (non-hydrogen) atoms. The highest BCUT2D eigenvalue weighted by Crippen LogP contribution is 2.39. The Labute approximate surface area is 138 Å². The molecule has 1 aliphatic carbocycles. The van der Waals surface area contributed by atoms with Gasteiger partial charge in [0.25, 0.3) is 0 Å². The Morgan fingerprint density at radius 1 is 1.17 bits per heavy atom. The van der Waals surface area contributed by atoms with Crippen LogP contribution in [0.2, 0.25) is 0 Å². The number of nitrogens with zero attached hydrogens (tertiary/aromatic N) is 4. The summed E-state index contributed by atoms with van der Waals surface area (Å²) in [5, 5.41) is 4.39. The SMILES string of the molecule is Cc1nc(C2CC(N(C)C)C2)n(-c2ccc(OC(F)(F)F)cc2)n1. The molecule has 3 rings (SSSR count). The summed E-state index contributed by atoms with van der Waals surface area (Å²) in [4.78, 5) is 6.69. The van der Waals surface area contributed by atoms with Crippen LogP contribution < -0.4 is 4.74 Å². The van der Waals surface area contributed by atoms with E-state index >= 15 is 0 Å². The van der Waals surface area contributed by atoms with Gasteiger partial charge in [-0.2, -0.15) is 5.10 Å². The largest absolute Gasteiger partial charge is 0.573 e. The molecule has 0 atom stereocenters. The Morgan fingerprint density at radius 3 is 2.33 bits per heavy atom. The zero-order chi connectivity index (χ0) is 17.5. The molecule has 0 N–H and O–H groups in total. The highest BCUT2D eigenvalue weighted by atomic mass is 19.4. The number of hydrogen-bond acceptors (Lipinski definition) is 4. The van der Waals surface area contributed by atoms with Crippen LogP contribution in [0, 0.1) is 6.92 Å². The molecule has 5 nitrogen and oxygen atoms in total. The van der Waals surface area contributed by atoms with Crippen LogP contribution in [0.1, 0.15) is 30.4 Å². The number of alkyl halides is 3. The number of ether oxygens (including phenoxy) is 1. The Morgan fingerprint density at radius 2 is 1.79 bits per heavy atom. The minimum absolute atomic E-state index is 0.249. The summed E-state index contributed by atoms with van der Waals surface area (Å²) < 4.78 is 42.3. The van der Waals surface area contributed by atoms with Gasteiger partial charge in [0.1, 0.15) is 17.4 Å². The normalized spacial score (nSPS) is 21.0. The number of hydrogen-bond donors (Lipinski definition) is 0. The zero-order valence-electron chi connectivity index (χ0n) is 13.7. The van der Waals surface area contributed by atoms with Gasteiger partial charge in [0, 0.05) is 12.0 Å². The third kappa shape index (κ3) is 3.53. The summed E-state index contributed by atoms with van der Waals surface area (Å²) in [7, 11) is 4.10. The fourth-order valence-corrected chi connectivity index (χ4v) is 2.89. The second-order valence-corrected chi connectivity index (χ2v) is 6.26. The second kappa shape index (κ2) is 6.08. The molecule has 1 heterocycles. The molecule has 0 spiro atoms. The molecular weight excluding hydrogens is 321 g/mol. The maximum atomic E-state index is 12.2. The number of aryl methyl sites for hydroxylation is 1. The second-order valence-electron chi connectivity index (χ2n) is 6.26. The lowest BCUT2D eigenvalue weighted by atomic mass is 9.79. The minimum atomic E-state index is -4.69. The average Bonchev–Trinajstić information content (AvgIpc) is 2.77.